The minimum atomic E-state index is -0.483. The minimum Gasteiger partial charge on any atom is -0.392 e. The van der Waals surface area contributed by atoms with Gasteiger partial charge in [0.25, 0.3) is 0 Å². The van der Waals surface area contributed by atoms with E-state index in [4.69, 9.17) is 14.6 Å². The van der Waals surface area contributed by atoms with Crippen molar-refractivity contribution in [3.05, 3.63) is 11.6 Å². The molecule has 0 radical (unpaired) electrons. The summed E-state index contributed by atoms with van der Waals surface area (Å²) in [5.74, 6) is -0.483. The van der Waals surface area contributed by atoms with Crippen LogP contribution in [0.5, 0.6) is 0 Å². The Kier molecular flexibility index (Phi) is 4.16. The van der Waals surface area contributed by atoms with Crippen molar-refractivity contribution in [2.24, 2.45) is 0 Å². The zero-order chi connectivity index (χ0) is 12.4. The first-order valence-corrected chi connectivity index (χ1v) is 5.91. The summed E-state index contributed by atoms with van der Waals surface area (Å²) in [6.45, 7) is 10.2. The van der Waals surface area contributed by atoms with Gasteiger partial charge in [-0.25, -0.2) is 0 Å². The van der Waals surface area contributed by atoms with Gasteiger partial charge in [0.1, 0.15) is 0 Å². The normalized spacial score (nSPS) is 28.4. The van der Waals surface area contributed by atoms with Crippen LogP contribution >= 0.6 is 0 Å². The topological polar surface area (TPSA) is 38.7 Å². The van der Waals surface area contributed by atoms with E-state index in [0.29, 0.717) is 0 Å². The molecular formula is C13H24O3. The molecule has 1 aliphatic heterocycles. The lowest BCUT2D eigenvalue weighted by molar-refractivity contribution is -0.157. The Balaban J connectivity index is 2.52. The Labute approximate surface area is 98.4 Å². The minimum absolute atomic E-state index is 0.114. The number of ether oxygens (including phenoxy) is 2. The monoisotopic (exact) mass is 228 g/mol. The van der Waals surface area contributed by atoms with Gasteiger partial charge in [-0.05, 0) is 47.5 Å². The summed E-state index contributed by atoms with van der Waals surface area (Å²) in [5, 5.41) is 8.78. The van der Waals surface area contributed by atoms with E-state index in [1.165, 1.54) is 5.57 Å². The van der Waals surface area contributed by atoms with Crippen LogP contribution in [-0.2, 0) is 9.47 Å². The van der Waals surface area contributed by atoms with E-state index in [0.717, 1.165) is 12.8 Å². The van der Waals surface area contributed by atoms with E-state index in [-0.39, 0.29) is 18.3 Å². The van der Waals surface area contributed by atoms with Crippen LogP contribution in [0.1, 0.15) is 47.5 Å². The number of aliphatic hydroxyl groups is 1. The van der Waals surface area contributed by atoms with E-state index in [1.807, 2.05) is 26.8 Å². The molecule has 0 saturated carbocycles. The number of allylic oxidation sites excluding steroid dienone is 1. The highest BCUT2D eigenvalue weighted by Gasteiger charge is 2.46. The second kappa shape index (κ2) is 4.86. The maximum absolute atomic E-state index is 8.78. The Morgan fingerprint density at radius 2 is 1.94 bits per heavy atom. The smallest absolute Gasteiger partial charge is 0.164 e. The Morgan fingerprint density at radius 3 is 2.38 bits per heavy atom. The molecule has 0 amide bonds. The molecule has 0 aromatic rings. The molecular weight excluding hydrogens is 204 g/mol. The van der Waals surface area contributed by atoms with Crippen LogP contribution in [0.3, 0.4) is 0 Å². The first kappa shape index (κ1) is 13.7. The van der Waals surface area contributed by atoms with Gasteiger partial charge in [-0.15, -0.1) is 0 Å². The van der Waals surface area contributed by atoms with E-state index in [1.54, 1.807) is 0 Å². The van der Waals surface area contributed by atoms with E-state index < -0.39 is 5.79 Å². The largest absolute Gasteiger partial charge is 0.392 e. The van der Waals surface area contributed by atoms with Gasteiger partial charge in [0.2, 0.25) is 0 Å². The van der Waals surface area contributed by atoms with Crippen molar-refractivity contribution in [1.82, 2.24) is 0 Å². The average molecular weight is 228 g/mol. The highest BCUT2D eigenvalue weighted by atomic mass is 16.8. The molecule has 16 heavy (non-hydrogen) atoms. The van der Waals surface area contributed by atoms with Crippen molar-refractivity contribution in [3.63, 3.8) is 0 Å². The van der Waals surface area contributed by atoms with E-state index in [9.17, 15) is 0 Å². The summed E-state index contributed by atoms with van der Waals surface area (Å²) in [7, 11) is 0. The van der Waals surface area contributed by atoms with Crippen LogP contribution < -0.4 is 0 Å². The van der Waals surface area contributed by atoms with Crippen LogP contribution in [-0.4, -0.2) is 29.2 Å². The van der Waals surface area contributed by atoms with Gasteiger partial charge < -0.3 is 14.6 Å². The highest BCUT2D eigenvalue weighted by Crippen LogP contribution is 2.38. The zero-order valence-electron chi connectivity index (χ0n) is 11.0. The second-order valence-corrected chi connectivity index (χ2v) is 5.48. The fraction of sp³-hybridized carbons (Fsp3) is 0.846. The molecule has 0 unspecified atom stereocenters. The molecule has 3 heteroatoms. The molecule has 94 valence electrons. The quantitative estimate of drug-likeness (QED) is 0.752. The maximum atomic E-state index is 8.78. The molecule has 0 aliphatic carbocycles. The van der Waals surface area contributed by atoms with Crippen molar-refractivity contribution >= 4 is 0 Å². The summed E-state index contributed by atoms with van der Waals surface area (Å²) in [5.41, 5.74) is 0.967. The highest BCUT2D eigenvalue weighted by molar-refractivity contribution is 5.00. The van der Waals surface area contributed by atoms with Crippen LogP contribution in [0.25, 0.3) is 0 Å². The predicted octanol–water partition coefficient (Wildman–Crippen LogP) is 2.64. The summed E-state index contributed by atoms with van der Waals surface area (Å²) in [4.78, 5) is 0. The molecule has 1 rings (SSSR count). The molecule has 3 nitrogen and oxygen atoms in total. The van der Waals surface area contributed by atoms with Gasteiger partial charge in [0.15, 0.2) is 5.79 Å². The lowest BCUT2D eigenvalue weighted by Crippen LogP contribution is -2.33. The van der Waals surface area contributed by atoms with Gasteiger partial charge in [0, 0.05) is 0 Å². The molecule has 0 spiro atoms. The molecule has 1 fully saturated rings. The molecule has 1 heterocycles. The maximum Gasteiger partial charge on any atom is 0.164 e. The number of hydrogen-bond donors (Lipinski definition) is 1. The molecule has 1 saturated heterocycles. The fourth-order valence-electron chi connectivity index (χ4n) is 2.23. The molecule has 0 aromatic heterocycles. The van der Waals surface area contributed by atoms with Gasteiger partial charge >= 0.3 is 0 Å². The van der Waals surface area contributed by atoms with Crippen LogP contribution in [0, 0.1) is 0 Å². The molecule has 1 atom stereocenters. The van der Waals surface area contributed by atoms with Gasteiger partial charge in [-0.3, -0.25) is 0 Å². The lowest BCUT2D eigenvalue weighted by Gasteiger charge is -2.23. The standard InChI is InChI=1S/C13H24O3/c1-10(8-9-14)6-7-11-12(2,3)16-13(4,5)15-11/h8,11,14H,6-7,9H2,1-5H3/b10-8+/t11-/m0/s1. The third-order valence-corrected chi connectivity index (χ3v) is 2.95. The Morgan fingerprint density at radius 1 is 1.31 bits per heavy atom. The Bertz CT molecular complexity index is 266. The summed E-state index contributed by atoms with van der Waals surface area (Å²) in [6, 6.07) is 0. The lowest BCUT2D eigenvalue weighted by atomic mass is 9.96. The Hall–Kier alpha value is -0.380. The predicted molar refractivity (Wildman–Crippen MR) is 64.2 cm³/mol. The van der Waals surface area contributed by atoms with Gasteiger partial charge in [0.05, 0.1) is 18.3 Å². The van der Waals surface area contributed by atoms with Crippen molar-refractivity contribution in [3.8, 4) is 0 Å². The molecule has 0 aromatic carbocycles. The van der Waals surface area contributed by atoms with Crippen molar-refractivity contribution in [1.29, 1.82) is 0 Å². The average Bonchev–Trinajstić information content (AvgIpc) is 2.31. The molecule has 1 N–H and O–H groups in total. The number of rotatable bonds is 4. The van der Waals surface area contributed by atoms with Crippen molar-refractivity contribution < 1.29 is 14.6 Å². The van der Waals surface area contributed by atoms with Crippen LogP contribution in [0.4, 0.5) is 0 Å². The third kappa shape index (κ3) is 3.58. The van der Waals surface area contributed by atoms with Crippen molar-refractivity contribution in [2.75, 3.05) is 6.61 Å². The number of hydrogen-bond acceptors (Lipinski definition) is 3. The summed E-state index contributed by atoms with van der Waals surface area (Å²) in [6.07, 6.45) is 3.82. The summed E-state index contributed by atoms with van der Waals surface area (Å²) < 4.78 is 11.7. The molecule has 1 aliphatic rings. The van der Waals surface area contributed by atoms with Gasteiger partial charge in [-0.1, -0.05) is 11.6 Å². The molecule has 0 bridgehead atoms. The van der Waals surface area contributed by atoms with E-state index >= 15 is 0 Å². The SMILES string of the molecule is C/C(=C\CO)CC[C@@H]1OC(C)(C)OC1(C)C. The van der Waals surface area contributed by atoms with Gasteiger partial charge in [-0.2, -0.15) is 0 Å². The first-order valence-electron chi connectivity index (χ1n) is 5.91. The third-order valence-electron chi connectivity index (χ3n) is 2.95. The second-order valence-electron chi connectivity index (χ2n) is 5.48. The van der Waals surface area contributed by atoms with Crippen LogP contribution in [0.2, 0.25) is 0 Å². The van der Waals surface area contributed by atoms with Crippen molar-refractivity contribution in [2.45, 2.75) is 65.0 Å². The fourth-order valence-corrected chi connectivity index (χ4v) is 2.23. The zero-order valence-corrected chi connectivity index (χ0v) is 11.0. The van der Waals surface area contributed by atoms with Crippen LogP contribution in [0.15, 0.2) is 11.6 Å². The first-order chi connectivity index (χ1) is 7.27. The summed E-state index contributed by atoms with van der Waals surface area (Å²) >= 11 is 0. The number of aliphatic hydroxyl groups excluding tert-OH is 1. The van der Waals surface area contributed by atoms with E-state index in [2.05, 4.69) is 13.8 Å².